The number of methoxy groups -OCH3 is 1. The molecule has 2 unspecified atom stereocenters. The predicted octanol–water partition coefficient (Wildman–Crippen LogP) is 3.48. The molecule has 2 aromatic carbocycles. The van der Waals surface area contributed by atoms with Gasteiger partial charge in [0.25, 0.3) is 0 Å². The van der Waals surface area contributed by atoms with E-state index in [0.29, 0.717) is 24.9 Å². The maximum Gasteiger partial charge on any atom is 0.414 e. The van der Waals surface area contributed by atoms with Gasteiger partial charge in [0.1, 0.15) is 11.9 Å². The summed E-state index contributed by atoms with van der Waals surface area (Å²) < 4.78 is 11.1. The predicted molar refractivity (Wildman–Crippen MR) is 140 cm³/mol. The number of hydrogen-bond acceptors (Lipinski definition) is 8. The fourth-order valence-corrected chi connectivity index (χ4v) is 5.82. The van der Waals surface area contributed by atoms with Crippen LogP contribution in [0, 0.1) is 0 Å². The first-order valence-corrected chi connectivity index (χ1v) is 13.0. The zero-order chi connectivity index (χ0) is 24.6. The van der Waals surface area contributed by atoms with Crippen molar-refractivity contribution in [3.05, 3.63) is 48.7 Å². The first kappa shape index (κ1) is 22.9. The highest BCUT2D eigenvalue weighted by atomic mass is 32.2. The van der Waals surface area contributed by atoms with E-state index in [4.69, 9.17) is 9.47 Å². The van der Waals surface area contributed by atoms with E-state index in [1.165, 1.54) is 11.8 Å². The lowest BCUT2D eigenvalue weighted by Crippen LogP contribution is -2.39. The number of carbonyl (C=O) groups excluding carboxylic acids is 2. The summed E-state index contributed by atoms with van der Waals surface area (Å²) in [7, 11) is 1.67. The molecule has 2 atom stereocenters. The van der Waals surface area contributed by atoms with Gasteiger partial charge in [-0.15, -0.1) is 11.8 Å². The standard InChI is InChI=1S/C26H27N5O4S/c1-34-18-3-4-21-20(11-18)23(6-8-27-21)30-9-7-16(13-30)28-12-19-14-31(26(33)35-19)17-2-5-24-22(10-17)29-25(32)15-36-24/h2-6,8,10-11,16,19,28H,7,9,12-15H2,1H3,(H,29,32). The average molecular weight is 506 g/mol. The smallest absolute Gasteiger partial charge is 0.414 e. The number of anilines is 3. The number of cyclic esters (lactones) is 1. The molecule has 0 bridgehead atoms. The third-order valence-electron chi connectivity index (χ3n) is 6.87. The van der Waals surface area contributed by atoms with Gasteiger partial charge in [0.2, 0.25) is 5.91 Å². The number of nitrogens with one attached hydrogen (secondary N) is 2. The van der Waals surface area contributed by atoms with Crippen molar-refractivity contribution >= 4 is 51.7 Å². The molecule has 0 aliphatic carbocycles. The quantitative estimate of drug-likeness (QED) is 0.526. The minimum absolute atomic E-state index is 0.0276. The minimum atomic E-state index is -0.359. The van der Waals surface area contributed by atoms with Crippen molar-refractivity contribution in [3.63, 3.8) is 0 Å². The number of benzene rings is 2. The zero-order valence-electron chi connectivity index (χ0n) is 19.9. The number of ether oxygens (including phenoxy) is 2. The number of fused-ring (bicyclic) bond motifs is 2. The summed E-state index contributed by atoms with van der Waals surface area (Å²) in [6, 6.07) is 14.0. The summed E-state index contributed by atoms with van der Waals surface area (Å²) >= 11 is 1.50. The van der Waals surface area contributed by atoms with Crippen LogP contribution in [0.3, 0.4) is 0 Å². The number of thioether (sulfide) groups is 1. The van der Waals surface area contributed by atoms with Crippen molar-refractivity contribution in [2.45, 2.75) is 23.5 Å². The molecular weight excluding hydrogens is 478 g/mol. The molecule has 2 N–H and O–H groups in total. The fraction of sp³-hybridized carbons (Fsp3) is 0.346. The molecule has 0 spiro atoms. The SMILES string of the molecule is COc1ccc2nccc(N3CCC(NCC4CN(c5ccc6c(c5)NC(=O)CS6)C(=O)O4)C3)c2c1. The molecule has 6 rings (SSSR count). The summed E-state index contributed by atoms with van der Waals surface area (Å²) in [5.41, 5.74) is 3.58. The maximum atomic E-state index is 12.6. The second-order valence-corrected chi connectivity index (χ2v) is 10.2. The van der Waals surface area contributed by atoms with Crippen LogP contribution in [0.25, 0.3) is 10.9 Å². The van der Waals surface area contributed by atoms with Crippen LogP contribution in [0.15, 0.2) is 53.6 Å². The van der Waals surface area contributed by atoms with Crippen LogP contribution in [-0.2, 0) is 9.53 Å². The monoisotopic (exact) mass is 505 g/mol. The topological polar surface area (TPSA) is 96.0 Å². The Kier molecular flexibility index (Phi) is 6.06. The molecule has 2 saturated heterocycles. The van der Waals surface area contributed by atoms with Gasteiger partial charge in [0, 0.05) is 53.5 Å². The Morgan fingerprint density at radius 3 is 3.00 bits per heavy atom. The summed E-state index contributed by atoms with van der Waals surface area (Å²) in [5, 5.41) is 7.56. The molecule has 9 nitrogen and oxygen atoms in total. The number of aromatic nitrogens is 1. The van der Waals surface area contributed by atoms with Crippen molar-refractivity contribution in [2.75, 3.05) is 54.2 Å². The highest BCUT2D eigenvalue weighted by Crippen LogP contribution is 2.35. The summed E-state index contributed by atoms with van der Waals surface area (Å²) in [4.78, 5) is 33.8. The molecule has 36 heavy (non-hydrogen) atoms. The Hall–Kier alpha value is -3.50. The van der Waals surface area contributed by atoms with E-state index >= 15 is 0 Å². The number of nitrogens with zero attached hydrogens (tertiary/aromatic N) is 3. The van der Waals surface area contributed by atoms with Gasteiger partial charge in [-0.25, -0.2) is 4.79 Å². The molecule has 2 fully saturated rings. The highest BCUT2D eigenvalue weighted by molar-refractivity contribution is 8.00. The van der Waals surface area contributed by atoms with E-state index < -0.39 is 0 Å². The third-order valence-corrected chi connectivity index (χ3v) is 7.94. The van der Waals surface area contributed by atoms with Crippen molar-refractivity contribution in [1.82, 2.24) is 10.3 Å². The Labute approximate surface area is 213 Å². The maximum absolute atomic E-state index is 12.6. The second kappa shape index (κ2) is 9.51. The Balaban J connectivity index is 1.07. The minimum Gasteiger partial charge on any atom is -0.497 e. The number of rotatable bonds is 6. The molecule has 0 saturated carbocycles. The van der Waals surface area contributed by atoms with Gasteiger partial charge in [0.15, 0.2) is 0 Å². The van der Waals surface area contributed by atoms with Crippen molar-refractivity contribution in [2.24, 2.45) is 0 Å². The lowest BCUT2D eigenvalue weighted by Gasteiger charge is -2.21. The van der Waals surface area contributed by atoms with Crippen molar-refractivity contribution in [1.29, 1.82) is 0 Å². The molecule has 0 radical (unpaired) electrons. The van der Waals surface area contributed by atoms with E-state index in [9.17, 15) is 9.59 Å². The van der Waals surface area contributed by atoms with Crippen LogP contribution in [0.5, 0.6) is 5.75 Å². The molecule has 4 heterocycles. The average Bonchev–Trinajstić information content (AvgIpc) is 3.52. The number of carbonyl (C=O) groups is 2. The van der Waals surface area contributed by atoms with Crippen LogP contribution in [0.2, 0.25) is 0 Å². The molecule has 186 valence electrons. The number of amides is 2. The fourth-order valence-electron chi connectivity index (χ4n) is 5.04. The van der Waals surface area contributed by atoms with Gasteiger partial charge in [-0.3, -0.25) is 14.7 Å². The third kappa shape index (κ3) is 4.42. The molecule has 1 aromatic heterocycles. The lowest BCUT2D eigenvalue weighted by molar-refractivity contribution is -0.113. The Morgan fingerprint density at radius 1 is 1.19 bits per heavy atom. The van der Waals surface area contributed by atoms with Gasteiger partial charge >= 0.3 is 6.09 Å². The van der Waals surface area contributed by atoms with E-state index in [1.54, 1.807) is 12.0 Å². The van der Waals surface area contributed by atoms with E-state index in [-0.39, 0.29) is 18.1 Å². The van der Waals surface area contributed by atoms with Gasteiger partial charge in [-0.1, -0.05) is 0 Å². The normalized spacial score (nSPS) is 21.5. The Bertz CT molecular complexity index is 1330. The van der Waals surface area contributed by atoms with Gasteiger partial charge in [-0.05, 0) is 48.9 Å². The zero-order valence-corrected chi connectivity index (χ0v) is 20.7. The summed E-state index contributed by atoms with van der Waals surface area (Å²) in [6.07, 6.45) is 2.25. The highest BCUT2D eigenvalue weighted by Gasteiger charge is 2.34. The first-order chi connectivity index (χ1) is 17.6. The largest absolute Gasteiger partial charge is 0.497 e. The molecule has 3 aliphatic heterocycles. The van der Waals surface area contributed by atoms with Gasteiger partial charge < -0.3 is 25.0 Å². The number of hydrogen-bond donors (Lipinski definition) is 2. The second-order valence-electron chi connectivity index (χ2n) is 9.19. The van der Waals surface area contributed by atoms with Crippen molar-refractivity contribution < 1.29 is 19.1 Å². The molecule has 3 aliphatic rings. The van der Waals surface area contributed by atoms with E-state index in [2.05, 4.69) is 26.6 Å². The van der Waals surface area contributed by atoms with Crippen LogP contribution in [0.1, 0.15) is 6.42 Å². The molecular formula is C26H27N5O4S. The van der Waals surface area contributed by atoms with Crippen LogP contribution < -0.4 is 25.2 Å². The van der Waals surface area contributed by atoms with Crippen LogP contribution in [0.4, 0.5) is 21.9 Å². The lowest BCUT2D eigenvalue weighted by atomic mass is 10.1. The summed E-state index contributed by atoms with van der Waals surface area (Å²) in [5.74, 6) is 1.20. The molecule has 3 aromatic rings. The molecule has 10 heteroatoms. The van der Waals surface area contributed by atoms with Gasteiger partial charge in [0.05, 0.1) is 30.6 Å². The van der Waals surface area contributed by atoms with E-state index in [1.807, 2.05) is 42.6 Å². The Morgan fingerprint density at radius 2 is 2.11 bits per heavy atom. The van der Waals surface area contributed by atoms with Crippen LogP contribution >= 0.6 is 11.8 Å². The van der Waals surface area contributed by atoms with Crippen molar-refractivity contribution in [3.8, 4) is 5.75 Å². The van der Waals surface area contributed by atoms with E-state index in [0.717, 1.165) is 58.1 Å². The van der Waals surface area contributed by atoms with Gasteiger partial charge in [-0.2, -0.15) is 0 Å². The molecule has 2 amide bonds. The van der Waals surface area contributed by atoms with Crippen LogP contribution in [-0.4, -0.2) is 68.2 Å². The first-order valence-electron chi connectivity index (χ1n) is 12.0. The summed E-state index contributed by atoms with van der Waals surface area (Å²) in [6.45, 7) is 2.85. The number of pyridine rings is 1.